The first-order valence-electron chi connectivity index (χ1n) is 8.20. The monoisotopic (exact) mass is 376 g/mol. The first-order valence-corrected chi connectivity index (χ1v) is 8.20. The molecule has 4 heterocycles. The van der Waals surface area contributed by atoms with E-state index in [0.717, 1.165) is 4.68 Å². The Morgan fingerprint density at radius 3 is 2.89 bits per heavy atom. The van der Waals surface area contributed by atoms with E-state index in [1.807, 2.05) is 4.90 Å². The number of amides is 1. The van der Waals surface area contributed by atoms with Crippen LogP contribution in [0.15, 0.2) is 35.5 Å². The number of hydrazone groups is 1. The lowest BCUT2D eigenvalue weighted by Gasteiger charge is -2.27. The lowest BCUT2D eigenvalue weighted by Crippen LogP contribution is -2.36. The van der Waals surface area contributed by atoms with E-state index in [2.05, 4.69) is 27.2 Å². The van der Waals surface area contributed by atoms with Crippen LogP contribution in [0, 0.1) is 0 Å². The van der Waals surface area contributed by atoms with Crippen molar-refractivity contribution in [2.24, 2.45) is 5.10 Å². The lowest BCUT2D eigenvalue weighted by molar-refractivity contribution is -0.449. The van der Waals surface area contributed by atoms with Crippen LogP contribution in [0.25, 0.3) is 5.65 Å². The van der Waals surface area contributed by atoms with Gasteiger partial charge in [0.2, 0.25) is 11.9 Å². The van der Waals surface area contributed by atoms with Gasteiger partial charge in [0, 0.05) is 24.4 Å². The fourth-order valence-corrected chi connectivity index (χ4v) is 2.87. The summed E-state index contributed by atoms with van der Waals surface area (Å²) in [6.45, 7) is 6.04. The van der Waals surface area contributed by atoms with Gasteiger partial charge in [-0.2, -0.15) is 5.10 Å². The van der Waals surface area contributed by atoms with Crippen molar-refractivity contribution in [1.82, 2.24) is 19.9 Å². The van der Waals surface area contributed by atoms with Gasteiger partial charge in [-0.15, -0.1) is 0 Å². The van der Waals surface area contributed by atoms with E-state index in [1.54, 1.807) is 12.3 Å². The highest BCUT2D eigenvalue weighted by atomic mass is 19.3. The van der Waals surface area contributed by atoms with E-state index in [4.69, 9.17) is 4.74 Å². The SMILES string of the molecule is C=[N+]1C=C(NC(=O)c2cnn3ccc(N4CCOCC4)nc23)C(C(F)F)=N1. The third-order valence-electron chi connectivity index (χ3n) is 4.18. The van der Waals surface area contributed by atoms with Crippen molar-refractivity contribution in [2.75, 3.05) is 31.2 Å². The summed E-state index contributed by atoms with van der Waals surface area (Å²) >= 11 is 0. The number of alkyl halides is 2. The standard InChI is InChI=1S/C16H15F2N7O2/c1-23-9-11(13(22-23)14(17)18)20-16(26)10-8-19-25-3-2-12(21-15(10)25)24-4-6-27-7-5-24/h2-3,8-9,14H,1,4-7H2/p+1. The average molecular weight is 376 g/mol. The first-order chi connectivity index (χ1) is 13.0. The number of carbonyl (C=O) groups is 1. The van der Waals surface area contributed by atoms with Crippen LogP contribution in [-0.2, 0) is 4.74 Å². The van der Waals surface area contributed by atoms with Gasteiger partial charge in [0.25, 0.3) is 12.3 Å². The molecule has 2 aromatic heterocycles. The smallest absolute Gasteiger partial charge is 0.288 e. The fraction of sp³-hybridized carbons (Fsp3) is 0.312. The Balaban J connectivity index is 1.61. The Hall–Kier alpha value is -3.21. The highest BCUT2D eigenvalue weighted by molar-refractivity contribution is 6.09. The van der Waals surface area contributed by atoms with Crippen molar-refractivity contribution in [1.29, 1.82) is 0 Å². The molecular weight excluding hydrogens is 360 g/mol. The number of nitrogens with zero attached hydrogens (tertiary/aromatic N) is 6. The van der Waals surface area contributed by atoms with Gasteiger partial charge >= 0.3 is 0 Å². The molecule has 0 aliphatic carbocycles. The predicted molar refractivity (Wildman–Crippen MR) is 92.4 cm³/mol. The molecule has 9 nitrogen and oxygen atoms in total. The number of rotatable bonds is 4. The van der Waals surface area contributed by atoms with Gasteiger partial charge in [-0.1, -0.05) is 4.68 Å². The number of hydrogen-bond acceptors (Lipinski definition) is 6. The number of morpholine rings is 1. The van der Waals surface area contributed by atoms with Gasteiger partial charge in [-0.25, -0.2) is 18.3 Å². The number of anilines is 1. The molecule has 1 saturated heterocycles. The van der Waals surface area contributed by atoms with Crippen LogP contribution in [0.4, 0.5) is 14.6 Å². The van der Waals surface area contributed by atoms with E-state index in [1.165, 1.54) is 16.9 Å². The van der Waals surface area contributed by atoms with E-state index in [9.17, 15) is 13.6 Å². The molecule has 11 heteroatoms. The number of halogens is 2. The summed E-state index contributed by atoms with van der Waals surface area (Å²) in [6, 6.07) is 1.80. The maximum absolute atomic E-state index is 13.0. The summed E-state index contributed by atoms with van der Waals surface area (Å²) in [5.41, 5.74) is -0.148. The minimum atomic E-state index is -2.83. The topological polar surface area (TPSA) is 87.1 Å². The van der Waals surface area contributed by atoms with E-state index in [-0.39, 0.29) is 11.3 Å². The first kappa shape index (κ1) is 17.2. The molecule has 2 aromatic rings. The maximum Gasteiger partial charge on any atom is 0.288 e. The molecule has 0 atom stereocenters. The van der Waals surface area contributed by atoms with Crippen LogP contribution in [-0.4, -0.2) is 70.3 Å². The molecule has 0 spiro atoms. The van der Waals surface area contributed by atoms with Gasteiger partial charge in [0.15, 0.2) is 12.4 Å². The molecule has 0 bridgehead atoms. The van der Waals surface area contributed by atoms with E-state index >= 15 is 0 Å². The number of ether oxygens (including phenoxy) is 1. The Morgan fingerprint density at radius 2 is 2.15 bits per heavy atom. The molecule has 0 saturated carbocycles. The number of aromatic nitrogens is 3. The van der Waals surface area contributed by atoms with Gasteiger partial charge in [-0.3, -0.25) is 4.79 Å². The molecule has 2 aliphatic rings. The Morgan fingerprint density at radius 1 is 1.37 bits per heavy atom. The molecule has 1 amide bonds. The third-order valence-corrected chi connectivity index (χ3v) is 4.18. The number of carbonyl (C=O) groups excluding carboxylic acids is 1. The molecule has 0 radical (unpaired) electrons. The van der Waals surface area contributed by atoms with Crippen LogP contribution in [0.3, 0.4) is 0 Å². The van der Waals surface area contributed by atoms with Crippen LogP contribution in [0.5, 0.6) is 0 Å². The lowest BCUT2D eigenvalue weighted by atomic mass is 10.2. The van der Waals surface area contributed by atoms with Crippen molar-refractivity contribution in [2.45, 2.75) is 6.43 Å². The van der Waals surface area contributed by atoms with Crippen LogP contribution >= 0.6 is 0 Å². The van der Waals surface area contributed by atoms with Crippen molar-refractivity contribution in [3.8, 4) is 0 Å². The van der Waals surface area contributed by atoms with Gasteiger partial charge in [0.1, 0.15) is 17.1 Å². The quantitative estimate of drug-likeness (QED) is 0.785. The second kappa shape index (κ2) is 6.83. The molecule has 4 rings (SSSR count). The third kappa shape index (κ3) is 3.28. The van der Waals surface area contributed by atoms with Crippen molar-refractivity contribution >= 4 is 29.8 Å². The van der Waals surface area contributed by atoms with Crippen LogP contribution < -0.4 is 10.2 Å². The molecular formula is C16H16F2N7O2+. The van der Waals surface area contributed by atoms with Gasteiger partial charge in [-0.05, 0) is 6.07 Å². The summed E-state index contributed by atoms with van der Waals surface area (Å²) in [6.07, 6.45) is 1.43. The number of nitrogens with one attached hydrogen (secondary N) is 1. The second-order valence-corrected chi connectivity index (χ2v) is 5.93. The largest absolute Gasteiger partial charge is 0.378 e. The highest BCUT2D eigenvalue weighted by Crippen LogP contribution is 2.18. The number of hydrogen-bond donors (Lipinski definition) is 1. The summed E-state index contributed by atoms with van der Waals surface area (Å²) in [7, 11) is 0. The zero-order valence-corrected chi connectivity index (χ0v) is 14.2. The summed E-state index contributed by atoms with van der Waals surface area (Å²) < 4.78 is 33.9. The Labute approximate surface area is 152 Å². The number of allylic oxidation sites excluding steroid dienone is 1. The molecule has 2 aliphatic heterocycles. The van der Waals surface area contributed by atoms with Gasteiger partial charge in [0.05, 0.1) is 19.4 Å². The number of fused-ring (bicyclic) bond motifs is 1. The van der Waals surface area contributed by atoms with Crippen LogP contribution in [0.2, 0.25) is 0 Å². The minimum Gasteiger partial charge on any atom is -0.378 e. The van der Waals surface area contributed by atoms with E-state index < -0.39 is 18.0 Å². The summed E-state index contributed by atoms with van der Waals surface area (Å²) in [5.74, 6) is 0.0886. The van der Waals surface area contributed by atoms with Crippen LogP contribution in [0.1, 0.15) is 10.4 Å². The second-order valence-electron chi connectivity index (χ2n) is 5.93. The Bertz CT molecular complexity index is 976. The average Bonchev–Trinajstić information content (AvgIpc) is 3.25. The highest BCUT2D eigenvalue weighted by Gasteiger charge is 2.31. The molecule has 1 N–H and O–H groups in total. The minimum absolute atomic E-state index is 0.103. The zero-order valence-electron chi connectivity index (χ0n) is 14.2. The normalized spacial score (nSPS) is 17.4. The maximum atomic E-state index is 13.0. The molecule has 140 valence electrons. The van der Waals surface area contributed by atoms with Gasteiger partial charge < -0.3 is 15.0 Å². The fourth-order valence-electron chi connectivity index (χ4n) is 2.87. The summed E-state index contributed by atoms with van der Waals surface area (Å²) in [4.78, 5) is 19.2. The Kier molecular flexibility index (Phi) is 4.36. The van der Waals surface area contributed by atoms with Crippen molar-refractivity contribution in [3.05, 3.63) is 35.9 Å². The predicted octanol–water partition coefficient (Wildman–Crippen LogP) is 0.485. The molecule has 1 fully saturated rings. The summed E-state index contributed by atoms with van der Waals surface area (Å²) in [5, 5.41) is 10.1. The van der Waals surface area contributed by atoms with Crippen molar-refractivity contribution in [3.63, 3.8) is 0 Å². The molecule has 0 aromatic carbocycles. The molecule has 27 heavy (non-hydrogen) atoms. The van der Waals surface area contributed by atoms with E-state index in [0.29, 0.717) is 37.8 Å². The van der Waals surface area contributed by atoms with Crippen molar-refractivity contribution < 1.29 is 23.0 Å². The zero-order chi connectivity index (χ0) is 19.0. The molecule has 0 unspecified atom stereocenters.